The fourth-order valence-electron chi connectivity index (χ4n) is 2.31. The Morgan fingerprint density at radius 2 is 2.37 bits per heavy atom. The summed E-state index contributed by atoms with van der Waals surface area (Å²) in [6, 6.07) is 5.42. The second kappa shape index (κ2) is 5.14. The number of aliphatic hydroxyl groups is 1. The third kappa shape index (κ3) is 3.21. The van der Waals surface area contributed by atoms with Crippen molar-refractivity contribution in [3.8, 4) is 0 Å². The molecule has 4 N–H and O–H groups in total. The zero-order chi connectivity index (χ0) is 14.0. The van der Waals surface area contributed by atoms with Gasteiger partial charge in [0, 0.05) is 13.1 Å². The van der Waals surface area contributed by atoms with Crippen LogP contribution in [0.3, 0.4) is 0 Å². The number of nitrogen functional groups attached to an aromatic ring is 1. The Kier molecular flexibility index (Phi) is 3.73. The van der Waals surface area contributed by atoms with Gasteiger partial charge in [-0.2, -0.15) is 0 Å². The lowest BCUT2D eigenvalue weighted by molar-refractivity contribution is -0.101. The Hall–Kier alpha value is -1.66. The number of amidine groups is 1. The van der Waals surface area contributed by atoms with Gasteiger partial charge in [-0.15, -0.1) is 0 Å². The number of nitrogens with zero attached hydrogens (tertiary/aromatic N) is 2. The van der Waals surface area contributed by atoms with Crippen molar-refractivity contribution in [2.75, 3.05) is 24.6 Å². The third-order valence-corrected chi connectivity index (χ3v) is 3.02. The van der Waals surface area contributed by atoms with E-state index in [1.807, 2.05) is 26.0 Å². The minimum Gasteiger partial charge on any atom is -0.394 e. The summed E-state index contributed by atoms with van der Waals surface area (Å²) < 4.78 is 5.77. The quantitative estimate of drug-likeness (QED) is 0.540. The van der Waals surface area contributed by atoms with Crippen LogP contribution in [0.25, 0.3) is 0 Å². The SMILES string of the molecule is CC1(C)CN(c2cccc(C(=N)N)n2)CC(CO)O1. The average Bonchev–Trinajstić information content (AvgIpc) is 2.37. The van der Waals surface area contributed by atoms with Gasteiger partial charge in [0.15, 0.2) is 0 Å². The number of hydrogen-bond acceptors (Lipinski definition) is 5. The zero-order valence-corrected chi connectivity index (χ0v) is 11.3. The van der Waals surface area contributed by atoms with Crippen molar-refractivity contribution in [3.63, 3.8) is 0 Å². The normalized spacial score (nSPS) is 22.3. The Bertz CT molecular complexity index is 475. The van der Waals surface area contributed by atoms with Crippen LogP contribution in [0.5, 0.6) is 0 Å². The summed E-state index contributed by atoms with van der Waals surface area (Å²) in [5.41, 5.74) is 5.57. The van der Waals surface area contributed by atoms with Crippen molar-refractivity contribution >= 4 is 11.7 Å². The first-order chi connectivity index (χ1) is 8.91. The predicted octanol–water partition coefficient (Wildman–Crippen LogP) is 0.342. The van der Waals surface area contributed by atoms with Gasteiger partial charge in [-0.25, -0.2) is 4.98 Å². The number of hydrogen-bond donors (Lipinski definition) is 3. The molecular formula is C13H20N4O2. The topological polar surface area (TPSA) is 95.5 Å². The van der Waals surface area contributed by atoms with Crippen LogP contribution in [-0.2, 0) is 4.74 Å². The van der Waals surface area contributed by atoms with E-state index in [1.54, 1.807) is 6.07 Å². The standard InChI is InChI=1S/C13H20N4O2/c1-13(2)8-17(6-9(7-18)19-13)11-5-3-4-10(16-11)12(14)15/h3-5,9,18H,6-8H2,1-2H3,(H3,14,15). The lowest BCUT2D eigenvalue weighted by atomic mass is 10.1. The monoisotopic (exact) mass is 264 g/mol. The van der Waals surface area contributed by atoms with Crippen molar-refractivity contribution in [2.24, 2.45) is 5.73 Å². The summed E-state index contributed by atoms with van der Waals surface area (Å²) in [7, 11) is 0. The van der Waals surface area contributed by atoms with Crippen LogP contribution in [0.1, 0.15) is 19.5 Å². The number of morpholine rings is 1. The first-order valence-corrected chi connectivity index (χ1v) is 6.26. The number of nitrogens with one attached hydrogen (secondary N) is 1. The molecule has 0 aromatic carbocycles. The van der Waals surface area contributed by atoms with Crippen LogP contribution in [0.15, 0.2) is 18.2 Å². The lowest BCUT2D eigenvalue weighted by Crippen LogP contribution is -2.54. The van der Waals surface area contributed by atoms with Gasteiger partial charge in [0.25, 0.3) is 0 Å². The van der Waals surface area contributed by atoms with Crippen molar-refractivity contribution in [1.82, 2.24) is 4.98 Å². The Labute approximate surface area is 112 Å². The minimum absolute atomic E-state index is 0.0215. The largest absolute Gasteiger partial charge is 0.394 e. The molecule has 6 heteroatoms. The summed E-state index contributed by atoms with van der Waals surface area (Å²) in [4.78, 5) is 6.42. The van der Waals surface area contributed by atoms with Gasteiger partial charge >= 0.3 is 0 Å². The van der Waals surface area contributed by atoms with E-state index in [1.165, 1.54) is 0 Å². The van der Waals surface area contributed by atoms with E-state index in [0.29, 0.717) is 18.8 Å². The first kappa shape index (κ1) is 13.8. The molecular weight excluding hydrogens is 244 g/mol. The molecule has 0 aliphatic carbocycles. The number of pyridine rings is 1. The summed E-state index contributed by atoms with van der Waals surface area (Å²) >= 11 is 0. The van der Waals surface area contributed by atoms with Gasteiger partial charge < -0.3 is 20.5 Å². The molecule has 0 amide bonds. The molecule has 1 unspecified atom stereocenters. The van der Waals surface area contributed by atoms with Gasteiger partial charge in [-0.1, -0.05) is 6.07 Å². The molecule has 0 radical (unpaired) electrons. The van der Waals surface area contributed by atoms with E-state index in [0.717, 1.165) is 5.82 Å². The van der Waals surface area contributed by atoms with Crippen molar-refractivity contribution in [3.05, 3.63) is 23.9 Å². The van der Waals surface area contributed by atoms with Crippen molar-refractivity contribution in [2.45, 2.75) is 25.6 Å². The van der Waals surface area contributed by atoms with E-state index in [9.17, 15) is 5.11 Å². The van der Waals surface area contributed by atoms with E-state index in [4.69, 9.17) is 15.9 Å². The Morgan fingerprint density at radius 3 is 3.00 bits per heavy atom. The van der Waals surface area contributed by atoms with Gasteiger partial charge in [0.05, 0.1) is 18.3 Å². The van der Waals surface area contributed by atoms with Crippen LogP contribution < -0.4 is 10.6 Å². The van der Waals surface area contributed by atoms with Crippen LogP contribution in [-0.4, -0.2) is 47.3 Å². The number of aliphatic hydroxyl groups excluding tert-OH is 1. The number of anilines is 1. The Balaban J connectivity index is 2.25. The van der Waals surface area contributed by atoms with Crippen LogP contribution in [0, 0.1) is 5.41 Å². The molecule has 0 bridgehead atoms. The molecule has 1 aliphatic heterocycles. The maximum absolute atomic E-state index is 9.30. The maximum atomic E-state index is 9.30. The highest BCUT2D eigenvalue weighted by molar-refractivity contribution is 5.93. The maximum Gasteiger partial charge on any atom is 0.141 e. The van der Waals surface area contributed by atoms with E-state index < -0.39 is 0 Å². The molecule has 2 rings (SSSR count). The highest BCUT2D eigenvalue weighted by atomic mass is 16.5. The average molecular weight is 264 g/mol. The van der Waals surface area contributed by atoms with Gasteiger partial charge in [-0.3, -0.25) is 5.41 Å². The summed E-state index contributed by atoms with van der Waals surface area (Å²) in [6.45, 7) is 5.20. The van der Waals surface area contributed by atoms with Crippen LogP contribution >= 0.6 is 0 Å². The smallest absolute Gasteiger partial charge is 0.141 e. The molecule has 104 valence electrons. The van der Waals surface area contributed by atoms with Crippen molar-refractivity contribution in [1.29, 1.82) is 5.41 Å². The molecule has 2 heterocycles. The first-order valence-electron chi connectivity index (χ1n) is 6.26. The Morgan fingerprint density at radius 1 is 1.63 bits per heavy atom. The highest BCUT2D eigenvalue weighted by Gasteiger charge is 2.33. The number of nitrogens with two attached hydrogens (primary N) is 1. The third-order valence-electron chi connectivity index (χ3n) is 3.02. The molecule has 1 aromatic heterocycles. The molecule has 19 heavy (non-hydrogen) atoms. The molecule has 1 atom stereocenters. The van der Waals surface area contributed by atoms with Crippen LogP contribution in [0.4, 0.5) is 5.82 Å². The van der Waals surface area contributed by atoms with E-state index in [-0.39, 0.29) is 24.1 Å². The highest BCUT2D eigenvalue weighted by Crippen LogP contribution is 2.24. The fraction of sp³-hybridized carbons (Fsp3) is 0.538. The molecule has 1 fully saturated rings. The lowest BCUT2D eigenvalue weighted by Gasteiger charge is -2.42. The second-order valence-electron chi connectivity index (χ2n) is 5.36. The molecule has 6 nitrogen and oxygen atoms in total. The second-order valence-corrected chi connectivity index (χ2v) is 5.36. The fourth-order valence-corrected chi connectivity index (χ4v) is 2.31. The summed E-state index contributed by atoms with van der Waals surface area (Å²) in [6.07, 6.45) is -0.230. The van der Waals surface area contributed by atoms with E-state index in [2.05, 4.69) is 9.88 Å². The van der Waals surface area contributed by atoms with Gasteiger partial charge in [0.2, 0.25) is 0 Å². The molecule has 1 saturated heterocycles. The molecule has 0 spiro atoms. The summed E-state index contributed by atoms with van der Waals surface area (Å²) in [5, 5.41) is 16.7. The predicted molar refractivity (Wildman–Crippen MR) is 73.5 cm³/mol. The van der Waals surface area contributed by atoms with E-state index >= 15 is 0 Å². The van der Waals surface area contributed by atoms with Crippen LogP contribution in [0.2, 0.25) is 0 Å². The molecule has 1 aliphatic rings. The molecule has 0 saturated carbocycles. The molecule has 1 aromatic rings. The zero-order valence-electron chi connectivity index (χ0n) is 11.3. The number of ether oxygens (including phenoxy) is 1. The number of rotatable bonds is 3. The van der Waals surface area contributed by atoms with Gasteiger partial charge in [0.1, 0.15) is 17.3 Å². The minimum atomic E-state index is -0.348. The summed E-state index contributed by atoms with van der Waals surface area (Å²) in [5.74, 6) is 0.704. The van der Waals surface area contributed by atoms with Crippen molar-refractivity contribution < 1.29 is 9.84 Å². The van der Waals surface area contributed by atoms with Gasteiger partial charge in [-0.05, 0) is 26.0 Å². The number of aromatic nitrogens is 1.